The minimum Gasteiger partial charge on any atom is -0.390 e. The number of hydrogen-bond acceptors (Lipinski definition) is 4. The Balaban J connectivity index is 2.28. The molecule has 0 spiro atoms. The van der Waals surface area contributed by atoms with Gasteiger partial charge in [0.15, 0.2) is 0 Å². The molecule has 0 bridgehead atoms. The lowest BCUT2D eigenvalue weighted by atomic mass is 10.3. The average Bonchev–Trinajstić information content (AvgIpc) is 3.07. The zero-order chi connectivity index (χ0) is 14.8. The molecule has 1 aliphatic heterocycles. The fourth-order valence-electron chi connectivity index (χ4n) is 2.42. The summed E-state index contributed by atoms with van der Waals surface area (Å²) in [5.41, 5.74) is 0.652. The highest BCUT2D eigenvalue weighted by atomic mass is 32.2. The monoisotopic (exact) mass is 318 g/mol. The first kappa shape index (κ1) is 15.9. The number of aliphatic hydroxyl groups excluding tert-OH is 1. The van der Waals surface area contributed by atoms with Crippen LogP contribution in [0.1, 0.15) is 25.5 Å². The van der Waals surface area contributed by atoms with Gasteiger partial charge in [-0.2, -0.15) is 16.1 Å². The smallest absolute Gasteiger partial charge is 0.244 e. The van der Waals surface area contributed by atoms with Gasteiger partial charge in [0, 0.05) is 37.3 Å². The SMILES string of the molecule is CCCn1cc(S(=O)(=O)N(C)C2CCSC2)cc1CO. The summed E-state index contributed by atoms with van der Waals surface area (Å²) in [7, 11) is -1.81. The van der Waals surface area contributed by atoms with E-state index in [1.807, 2.05) is 11.5 Å². The Labute approximate surface area is 125 Å². The number of thioether (sulfide) groups is 1. The van der Waals surface area contributed by atoms with Gasteiger partial charge in [-0.05, 0) is 24.7 Å². The molecular weight excluding hydrogens is 296 g/mol. The molecule has 0 radical (unpaired) electrons. The molecule has 0 aromatic carbocycles. The van der Waals surface area contributed by atoms with E-state index >= 15 is 0 Å². The van der Waals surface area contributed by atoms with E-state index in [-0.39, 0.29) is 17.5 Å². The number of hydrogen-bond donors (Lipinski definition) is 1. The lowest BCUT2D eigenvalue weighted by Crippen LogP contribution is -2.36. The van der Waals surface area contributed by atoms with Crippen LogP contribution in [0.25, 0.3) is 0 Å². The Morgan fingerprint density at radius 3 is 2.85 bits per heavy atom. The molecule has 20 heavy (non-hydrogen) atoms. The molecule has 2 heterocycles. The van der Waals surface area contributed by atoms with Gasteiger partial charge in [-0.1, -0.05) is 6.92 Å². The Hall–Kier alpha value is -0.500. The van der Waals surface area contributed by atoms with Crippen LogP contribution in [0, 0.1) is 0 Å². The van der Waals surface area contributed by atoms with Gasteiger partial charge in [0.2, 0.25) is 10.0 Å². The molecule has 0 saturated carbocycles. The second kappa shape index (κ2) is 6.51. The molecule has 1 N–H and O–H groups in total. The fourth-order valence-corrected chi connectivity index (χ4v) is 5.23. The van der Waals surface area contributed by atoms with E-state index in [0.29, 0.717) is 12.2 Å². The van der Waals surface area contributed by atoms with Crippen molar-refractivity contribution in [2.75, 3.05) is 18.6 Å². The molecule has 1 saturated heterocycles. The molecule has 1 fully saturated rings. The van der Waals surface area contributed by atoms with E-state index in [2.05, 4.69) is 0 Å². The predicted octanol–water partition coefficient (Wildman–Crippen LogP) is 1.52. The zero-order valence-electron chi connectivity index (χ0n) is 11.9. The number of rotatable bonds is 6. The first-order chi connectivity index (χ1) is 9.50. The molecule has 1 aromatic heterocycles. The third kappa shape index (κ3) is 3.05. The van der Waals surface area contributed by atoms with Crippen molar-refractivity contribution in [2.45, 2.75) is 43.9 Å². The van der Waals surface area contributed by atoms with E-state index in [1.54, 1.807) is 31.1 Å². The molecule has 1 atom stereocenters. The summed E-state index contributed by atoms with van der Waals surface area (Å²) in [6, 6.07) is 1.67. The number of aromatic nitrogens is 1. The summed E-state index contributed by atoms with van der Waals surface area (Å²) >= 11 is 1.79. The van der Waals surface area contributed by atoms with Crippen molar-refractivity contribution in [3.05, 3.63) is 18.0 Å². The molecule has 1 unspecified atom stereocenters. The standard InChI is InChI=1S/C13H22N2O3S2/c1-3-5-15-8-13(7-12(15)9-16)20(17,18)14(2)11-4-6-19-10-11/h7-8,11,16H,3-6,9-10H2,1-2H3. The average molecular weight is 318 g/mol. The van der Waals surface area contributed by atoms with E-state index < -0.39 is 10.0 Å². The molecule has 0 aliphatic carbocycles. The van der Waals surface area contributed by atoms with Crippen molar-refractivity contribution in [3.8, 4) is 0 Å². The van der Waals surface area contributed by atoms with Crippen LogP contribution in [0.2, 0.25) is 0 Å². The second-order valence-electron chi connectivity index (χ2n) is 5.06. The maximum atomic E-state index is 12.6. The van der Waals surface area contributed by atoms with Gasteiger partial charge >= 0.3 is 0 Å². The first-order valence-corrected chi connectivity index (χ1v) is 9.46. The summed E-state index contributed by atoms with van der Waals surface area (Å²) in [6.07, 6.45) is 3.45. The van der Waals surface area contributed by atoms with E-state index in [9.17, 15) is 13.5 Å². The maximum Gasteiger partial charge on any atom is 0.244 e. The fraction of sp³-hybridized carbons (Fsp3) is 0.692. The van der Waals surface area contributed by atoms with Crippen molar-refractivity contribution in [1.29, 1.82) is 0 Å². The Morgan fingerprint density at radius 1 is 1.55 bits per heavy atom. The summed E-state index contributed by atoms with van der Waals surface area (Å²) in [6.45, 7) is 2.60. The molecule has 114 valence electrons. The summed E-state index contributed by atoms with van der Waals surface area (Å²) in [5.74, 6) is 1.88. The molecule has 7 heteroatoms. The Kier molecular flexibility index (Phi) is 5.17. The zero-order valence-corrected chi connectivity index (χ0v) is 13.6. The summed E-state index contributed by atoms with van der Waals surface area (Å²) in [4.78, 5) is 0.286. The third-order valence-electron chi connectivity index (χ3n) is 3.68. The molecule has 1 aromatic rings. The second-order valence-corrected chi connectivity index (χ2v) is 8.20. The molecule has 2 rings (SSSR count). The van der Waals surface area contributed by atoms with Gasteiger partial charge in [-0.25, -0.2) is 8.42 Å². The Morgan fingerprint density at radius 2 is 2.30 bits per heavy atom. The van der Waals surface area contributed by atoms with Crippen molar-refractivity contribution in [1.82, 2.24) is 8.87 Å². The highest BCUT2D eigenvalue weighted by Gasteiger charge is 2.31. The van der Waals surface area contributed by atoms with Crippen LogP contribution in [-0.2, 0) is 23.2 Å². The van der Waals surface area contributed by atoms with Crippen LogP contribution in [0.3, 0.4) is 0 Å². The van der Waals surface area contributed by atoms with Gasteiger partial charge < -0.3 is 9.67 Å². The van der Waals surface area contributed by atoms with Gasteiger partial charge in [0.25, 0.3) is 0 Å². The van der Waals surface area contributed by atoms with Crippen molar-refractivity contribution in [3.63, 3.8) is 0 Å². The predicted molar refractivity (Wildman–Crippen MR) is 81.3 cm³/mol. The van der Waals surface area contributed by atoms with E-state index in [4.69, 9.17) is 0 Å². The van der Waals surface area contributed by atoms with Crippen LogP contribution in [-0.4, -0.2) is 47.0 Å². The van der Waals surface area contributed by atoms with Crippen LogP contribution in [0.5, 0.6) is 0 Å². The summed E-state index contributed by atoms with van der Waals surface area (Å²) < 4.78 is 28.6. The molecule has 5 nitrogen and oxygen atoms in total. The van der Waals surface area contributed by atoms with E-state index in [0.717, 1.165) is 24.3 Å². The lowest BCUT2D eigenvalue weighted by molar-refractivity contribution is 0.270. The topological polar surface area (TPSA) is 62.5 Å². The molecule has 0 amide bonds. The van der Waals surface area contributed by atoms with Gasteiger partial charge in [-0.15, -0.1) is 0 Å². The quantitative estimate of drug-likeness (QED) is 0.864. The van der Waals surface area contributed by atoms with Gasteiger partial charge in [-0.3, -0.25) is 0 Å². The van der Waals surface area contributed by atoms with E-state index in [1.165, 1.54) is 4.31 Å². The third-order valence-corrected chi connectivity index (χ3v) is 6.70. The van der Waals surface area contributed by atoms with Crippen LogP contribution in [0.15, 0.2) is 17.2 Å². The van der Waals surface area contributed by atoms with Crippen molar-refractivity contribution < 1.29 is 13.5 Å². The maximum absolute atomic E-state index is 12.6. The highest BCUT2D eigenvalue weighted by molar-refractivity contribution is 7.99. The van der Waals surface area contributed by atoms with Crippen LogP contribution < -0.4 is 0 Å². The first-order valence-electron chi connectivity index (χ1n) is 6.86. The Bertz CT molecular complexity index is 548. The lowest BCUT2D eigenvalue weighted by Gasteiger charge is -2.22. The van der Waals surface area contributed by atoms with Crippen molar-refractivity contribution in [2.24, 2.45) is 0 Å². The molecule has 1 aliphatic rings. The van der Waals surface area contributed by atoms with Gasteiger partial charge in [0.05, 0.1) is 6.61 Å². The number of nitrogens with zero attached hydrogens (tertiary/aromatic N) is 2. The largest absolute Gasteiger partial charge is 0.390 e. The number of aryl methyl sites for hydroxylation is 1. The molecular formula is C13H22N2O3S2. The van der Waals surface area contributed by atoms with Crippen LogP contribution >= 0.6 is 11.8 Å². The number of sulfonamides is 1. The minimum absolute atomic E-state index is 0.0806. The normalized spacial score (nSPS) is 19.9. The van der Waals surface area contributed by atoms with Crippen molar-refractivity contribution >= 4 is 21.8 Å². The highest BCUT2D eigenvalue weighted by Crippen LogP contribution is 2.27. The number of aliphatic hydroxyl groups is 1. The van der Waals surface area contributed by atoms with Gasteiger partial charge in [0.1, 0.15) is 4.90 Å². The van der Waals surface area contributed by atoms with Crippen LogP contribution in [0.4, 0.5) is 0 Å². The minimum atomic E-state index is -3.46. The summed E-state index contributed by atoms with van der Waals surface area (Å²) in [5, 5.41) is 9.34.